The quantitative estimate of drug-likeness (QED) is 0.910. The van der Waals surface area contributed by atoms with Gasteiger partial charge in [-0.3, -0.25) is 4.79 Å². The molecule has 4 atom stereocenters. The first kappa shape index (κ1) is 15.2. The van der Waals surface area contributed by atoms with Gasteiger partial charge in [-0.25, -0.2) is 4.98 Å². The number of benzene rings is 1. The first-order valence-corrected chi connectivity index (χ1v) is 8.64. The molecule has 1 aromatic carbocycles. The zero-order valence-corrected chi connectivity index (χ0v) is 13.8. The zero-order chi connectivity index (χ0) is 16.7. The number of rotatable bonds is 3. The molecule has 0 aliphatic heterocycles. The molecule has 0 saturated heterocycles. The van der Waals surface area contributed by atoms with Gasteiger partial charge in [-0.2, -0.15) is 0 Å². The van der Waals surface area contributed by atoms with Crippen molar-refractivity contribution < 1.29 is 9.90 Å². The summed E-state index contributed by atoms with van der Waals surface area (Å²) in [6, 6.07) is 12.6. The molecule has 2 bridgehead atoms. The predicted octanol–water partition coefficient (Wildman–Crippen LogP) is 3.41. The van der Waals surface area contributed by atoms with Crippen molar-refractivity contribution in [3.05, 3.63) is 59.4 Å². The number of aromatic nitrogens is 1. The molecule has 2 saturated carbocycles. The molecular formula is C20H22N2O2. The third-order valence-corrected chi connectivity index (χ3v) is 5.74. The van der Waals surface area contributed by atoms with Crippen molar-refractivity contribution >= 4 is 5.91 Å². The maximum atomic E-state index is 12.5. The van der Waals surface area contributed by atoms with E-state index in [1.165, 1.54) is 12.0 Å². The number of nitrogens with one attached hydrogen (secondary N) is 1. The van der Waals surface area contributed by atoms with Gasteiger partial charge in [0.1, 0.15) is 5.75 Å². The molecule has 124 valence electrons. The molecule has 2 aliphatic rings. The fraction of sp³-hybridized carbons (Fsp3) is 0.400. The minimum absolute atomic E-state index is 0.0136. The molecule has 4 heteroatoms. The van der Waals surface area contributed by atoms with E-state index >= 15 is 0 Å². The van der Waals surface area contributed by atoms with Crippen molar-refractivity contribution in [2.24, 2.45) is 11.8 Å². The van der Waals surface area contributed by atoms with Crippen LogP contribution in [0.15, 0.2) is 42.6 Å². The molecule has 3 unspecified atom stereocenters. The lowest BCUT2D eigenvalue weighted by atomic mass is 9.81. The average Bonchev–Trinajstić information content (AvgIpc) is 3.18. The Morgan fingerprint density at radius 1 is 1.12 bits per heavy atom. The van der Waals surface area contributed by atoms with Gasteiger partial charge < -0.3 is 10.4 Å². The molecular weight excluding hydrogens is 300 g/mol. The predicted molar refractivity (Wildman–Crippen MR) is 91.9 cm³/mol. The number of nitrogens with zero attached hydrogens (tertiary/aromatic N) is 1. The molecule has 24 heavy (non-hydrogen) atoms. The number of carbonyl (C=O) groups excluding carboxylic acids is 1. The van der Waals surface area contributed by atoms with Crippen LogP contribution in [0.3, 0.4) is 0 Å². The van der Waals surface area contributed by atoms with Crippen LogP contribution in [0.1, 0.15) is 46.8 Å². The van der Waals surface area contributed by atoms with Gasteiger partial charge in [0.2, 0.25) is 0 Å². The highest BCUT2D eigenvalue weighted by Gasteiger charge is 2.46. The van der Waals surface area contributed by atoms with Crippen molar-refractivity contribution in [2.75, 3.05) is 0 Å². The Bertz CT molecular complexity index is 759. The average molecular weight is 322 g/mol. The molecule has 1 heterocycles. The molecule has 2 fully saturated rings. The van der Waals surface area contributed by atoms with Crippen LogP contribution in [0.2, 0.25) is 0 Å². The normalized spacial score (nSPS) is 28.0. The number of fused-ring (bicyclic) bond motifs is 2. The Morgan fingerprint density at radius 3 is 2.62 bits per heavy atom. The maximum Gasteiger partial charge on any atom is 0.273 e. The topological polar surface area (TPSA) is 62.2 Å². The summed E-state index contributed by atoms with van der Waals surface area (Å²) in [4.78, 5) is 16.5. The largest absolute Gasteiger partial charge is 0.505 e. The van der Waals surface area contributed by atoms with E-state index in [0.29, 0.717) is 23.3 Å². The molecule has 0 radical (unpaired) electrons. The van der Waals surface area contributed by atoms with Gasteiger partial charge in [0.15, 0.2) is 5.69 Å². The maximum absolute atomic E-state index is 12.5. The Labute approximate surface area is 141 Å². The summed E-state index contributed by atoms with van der Waals surface area (Å²) in [6.45, 7) is 1.77. The van der Waals surface area contributed by atoms with Crippen molar-refractivity contribution in [3.63, 3.8) is 0 Å². The minimum Gasteiger partial charge on any atom is -0.505 e. The van der Waals surface area contributed by atoms with Crippen LogP contribution in [0.5, 0.6) is 5.75 Å². The van der Waals surface area contributed by atoms with Gasteiger partial charge in [0, 0.05) is 12.2 Å². The molecule has 4 rings (SSSR count). The molecule has 1 amide bonds. The van der Waals surface area contributed by atoms with Gasteiger partial charge in [0.05, 0.1) is 0 Å². The van der Waals surface area contributed by atoms with Crippen LogP contribution < -0.4 is 5.32 Å². The van der Waals surface area contributed by atoms with Crippen LogP contribution >= 0.6 is 0 Å². The third-order valence-electron chi connectivity index (χ3n) is 5.74. The summed E-state index contributed by atoms with van der Waals surface area (Å²) < 4.78 is 0. The van der Waals surface area contributed by atoms with E-state index in [1.807, 2.05) is 0 Å². The second-order valence-corrected chi connectivity index (χ2v) is 7.15. The summed E-state index contributed by atoms with van der Waals surface area (Å²) in [7, 11) is 0. The highest BCUT2D eigenvalue weighted by Crippen LogP contribution is 2.52. The minimum atomic E-state index is -0.259. The monoisotopic (exact) mass is 322 g/mol. The van der Waals surface area contributed by atoms with E-state index < -0.39 is 0 Å². The van der Waals surface area contributed by atoms with E-state index in [4.69, 9.17) is 0 Å². The SMILES string of the molecule is Cc1ccnc(C(=O)NC2CC3CC2C[C@@H]3c2ccccc2)c1O. The van der Waals surface area contributed by atoms with Crippen molar-refractivity contribution in [1.29, 1.82) is 0 Å². The lowest BCUT2D eigenvalue weighted by Crippen LogP contribution is -2.39. The van der Waals surface area contributed by atoms with Crippen LogP contribution in [0.4, 0.5) is 0 Å². The highest BCUT2D eigenvalue weighted by atomic mass is 16.3. The van der Waals surface area contributed by atoms with Gasteiger partial charge in [-0.1, -0.05) is 30.3 Å². The van der Waals surface area contributed by atoms with Crippen LogP contribution in [-0.2, 0) is 0 Å². The Kier molecular flexibility index (Phi) is 3.75. The van der Waals surface area contributed by atoms with Gasteiger partial charge in [0.25, 0.3) is 5.91 Å². The van der Waals surface area contributed by atoms with Gasteiger partial charge in [-0.15, -0.1) is 0 Å². The van der Waals surface area contributed by atoms with Gasteiger partial charge in [-0.05, 0) is 61.1 Å². The van der Waals surface area contributed by atoms with Crippen molar-refractivity contribution in [3.8, 4) is 5.75 Å². The Hall–Kier alpha value is -2.36. The van der Waals surface area contributed by atoms with Crippen LogP contribution in [-0.4, -0.2) is 22.0 Å². The fourth-order valence-corrected chi connectivity index (χ4v) is 4.51. The highest BCUT2D eigenvalue weighted by molar-refractivity contribution is 5.95. The number of carbonyl (C=O) groups is 1. The summed E-state index contributed by atoms with van der Waals surface area (Å²) >= 11 is 0. The van der Waals surface area contributed by atoms with Crippen LogP contribution in [0.25, 0.3) is 0 Å². The summed E-state index contributed by atoms with van der Waals surface area (Å²) in [6.07, 6.45) is 4.89. The number of pyridine rings is 1. The van der Waals surface area contributed by atoms with Gasteiger partial charge >= 0.3 is 0 Å². The molecule has 0 spiro atoms. The van der Waals surface area contributed by atoms with E-state index in [1.54, 1.807) is 19.2 Å². The zero-order valence-electron chi connectivity index (χ0n) is 13.8. The fourth-order valence-electron chi connectivity index (χ4n) is 4.51. The molecule has 2 N–H and O–H groups in total. The summed E-state index contributed by atoms with van der Waals surface area (Å²) in [5, 5.41) is 13.1. The first-order valence-electron chi connectivity index (χ1n) is 8.64. The molecule has 2 aliphatic carbocycles. The lowest BCUT2D eigenvalue weighted by Gasteiger charge is -2.29. The Balaban J connectivity index is 1.44. The number of aryl methyl sites for hydroxylation is 1. The Morgan fingerprint density at radius 2 is 1.92 bits per heavy atom. The standard InChI is InChI=1S/C20H22N2O2/c1-12-7-8-21-18(19(12)23)20(24)22-17-11-14-9-15(17)10-16(14)13-5-3-2-4-6-13/h2-8,14-17,23H,9-11H2,1H3,(H,22,24)/t14?,15?,16-,17?/m1/s1. The van der Waals surface area contributed by atoms with E-state index in [-0.39, 0.29) is 23.4 Å². The second-order valence-electron chi connectivity index (χ2n) is 7.15. The summed E-state index contributed by atoms with van der Waals surface area (Å²) in [5.41, 5.74) is 2.23. The smallest absolute Gasteiger partial charge is 0.273 e. The third kappa shape index (κ3) is 2.56. The van der Waals surface area contributed by atoms with Crippen molar-refractivity contribution in [1.82, 2.24) is 10.3 Å². The molecule has 4 nitrogen and oxygen atoms in total. The van der Waals surface area contributed by atoms with E-state index in [2.05, 4.69) is 40.6 Å². The first-order chi connectivity index (χ1) is 11.6. The number of aromatic hydroxyl groups is 1. The van der Waals surface area contributed by atoms with Crippen LogP contribution in [0, 0.1) is 18.8 Å². The van der Waals surface area contributed by atoms with E-state index in [0.717, 1.165) is 12.8 Å². The van der Waals surface area contributed by atoms with Crippen molar-refractivity contribution in [2.45, 2.75) is 38.1 Å². The number of hydrogen-bond acceptors (Lipinski definition) is 3. The number of hydrogen-bond donors (Lipinski definition) is 2. The number of amides is 1. The lowest BCUT2D eigenvalue weighted by molar-refractivity contribution is 0.0912. The summed E-state index contributed by atoms with van der Waals surface area (Å²) in [5.74, 6) is 1.51. The molecule has 2 aromatic rings. The van der Waals surface area contributed by atoms with E-state index in [9.17, 15) is 9.90 Å². The molecule has 1 aromatic heterocycles. The second kappa shape index (κ2) is 5.93.